The van der Waals surface area contributed by atoms with Crippen molar-refractivity contribution in [1.82, 2.24) is 9.88 Å². The zero-order valence-corrected chi connectivity index (χ0v) is 11.6. The minimum Gasteiger partial charge on any atom is -0.395 e. The number of carbonyl (C=O) groups is 1. The first-order valence-corrected chi connectivity index (χ1v) is 6.09. The number of rotatable bonds is 5. The van der Waals surface area contributed by atoms with Gasteiger partial charge in [0.1, 0.15) is 6.54 Å². The Kier molecular flexibility index (Phi) is 5.19. The Morgan fingerprint density at radius 1 is 1.63 bits per heavy atom. The Morgan fingerprint density at radius 2 is 2.26 bits per heavy atom. The minimum absolute atomic E-state index is 0.0525. The van der Waals surface area contributed by atoms with Crippen molar-refractivity contribution in [3.05, 3.63) is 36.7 Å². The largest absolute Gasteiger partial charge is 0.395 e. The second-order valence-corrected chi connectivity index (χ2v) is 4.51. The Balaban J connectivity index is 3.11. The monoisotopic (exact) mass is 333 g/mol. The molecule has 0 bridgehead atoms. The highest BCUT2D eigenvalue weighted by atomic mass is 79.9. The van der Waals surface area contributed by atoms with Crippen LogP contribution in [0.4, 0.5) is 5.69 Å². The Morgan fingerprint density at radius 3 is 2.79 bits per heavy atom. The molecule has 19 heavy (non-hydrogen) atoms. The fourth-order valence-electron chi connectivity index (χ4n) is 1.41. The summed E-state index contributed by atoms with van der Waals surface area (Å²) >= 11 is 2.98. The van der Waals surface area contributed by atoms with Gasteiger partial charge in [-0.2, -0.15) is 0 Å². The molecule has 1 rings (SSSR count). The maximum Gasteiger partial charge on any atom is 0.289 e. The van der Waals surface area contributed by atoms with Gasteiger partial charge in [0, 0.05) is 12.1 Å². The van der Waals surface area contributed by atoms with E-state index in [-0.39, 0.29) is 35.4 Å². The number of aliphatic hydroxyl groups excluding tert-OH is 1. The van der Waals surface area contributed by atoms with Gasteiger partial charge in [0.15, 0.2) is 0 Å². The van der Waals surface area contributed by atoms with E-state index in [1.165, 1.54) is 6.92 Å². The lowest BCUT2D eigenvalue weighted by atomic mass is 10.2. The van der Waals surface area contributed by atoms with E-state index in [0.29, 0.717) is 0 Å². The van der Waals surface area contributed by atoms with Crippen molar-refractivity contribution < 1.29 is 14.8 Å². The highest BCUT2D eigenvalue weighted by molar-refractivity contribution is 9.10. The summed E-state index contributed by atoms with van der Waals surface area (Å²) in [7, 11) is 0. The average molecular weight is 334 g/mol. The lowest BCUT2D eigenvalue weighted by Gasteiger charge is -2.08. The predicted molar refractivity (Wildman–Crippen MR) is 69.9 cm³/mol. The van der Waals surface area contributed by atoms with Crippen LogP contribution in [0.25, 0.3) is 0 Å². The third-order valence-corrected chi connectivity index (χ3v) is 3.32. The molecule has 0 saturated carbocycles. The first-order valence-electron chi connectivity index (χ1n) is 5.30. The number of nitro groups is 1. The van der Waals surface area contributed by atoms with Gasteiger partial charge in [-0.3, -0.25) is 24.3 Å². The molecule has 0 aliphatic heterocycles. The summed E-state index contributed by atoms with van der Waals surface area (Å²) in [5, 5.41) is 21.7. The van der Waals surface area contributed by atoms with Crippen molar-refractivity contribution in [2.24, 2.45) is 0 Å². The van der Waals surface area contributed by atoms with Crippen molar-refractivity contribution in [3.63, 3.8) is 0 Å². The van der Waals surface area contributed by atoms with Crippen LogP contribution in [0.1, 0.15) is 5.56 Å². The molecule has 0 spiro atoms. The molecule has 9 heteroatoms. The maximum atomic E-state index is 11.8. The summed E-state index contributed by atoms with van der Waals surface area (Å²) in [4.78, 5) is 33.5. The van der Waals surface area contributed by atoms with Crippen LogP contribution in [0, 0.1) is 17.0 Å². The molecular weight excluding hydrogens is 322 g/mol. The van der Waals surface area contributed by atoms with E-state index in [4.69, 9.17) is 5.11 Å². The molecule has 0 aliphatic carbocycles. The summed E-state index contributed by atoms with van der Waals surface area (Å²) in [6.45, 7) is 0.930. The number of nitrogens with one attached hydrogen (secondary N) is 1. The molecule has 0 aliphatic rings. The van der Waals surface area contributed by atoms with E-state index in [1.807, 2.05) is 0 Å². The molecule has 0 fully saturated rings. The molecular formula is C10H12BrN3O5. The van der Waals surface area contributed by atoms with Gasteiger partial charge >= 0.3 is 0 Å². The fourth-order valence-corrected chi connectivity index (χ4v) is 1.84. The van der Waals surface area contributed by atoms with Crippen LogP contribution in [0.2, 0.25) is 0 Å². The van der Waals surface area contributed by atoms with E-state index < -0.39 is 16.4 Å². The number of nitrogens with zero attached hydrogens (tertiary/aromatic N) is 2. The van der Waals surface area contributed by atoms with Crippen LogP contribution in [0.5, 0.6) is 0 Å². The summed E-state index contributed by atoms with van der Waals surface area (Å²) in [6, 6.07) is 0. The van der Waals surface area contributed by atoms with Crippen molar-refractivity contribution in [3.8, 4) is 0 Å². The SMILES string of the molecule is Cc1c([N+](=O)[O-])cn(CC(=O)NCCO)c(=O)c1Br. The molecule has 0 saturated heterocycles. The molecule has 0 unspecified atom stereocenters. The minimum atomic E-state index is -0.623. The van der Waals surface area contributed by atoms with Crippen LogP contribution >= 0.6 is 15.9 Å². The van der Waals surface area contributed by atoms with Gasteiger partial charge in [-0.25, -0.2) is 0 Å². The fraction of sp³-hybridized carbons (Fsp3) is 0.400. The van der Waals surface area contributed by atoms with Crippen LogP contribution < -0.4 is 10.9 Å². The first kappa shape index (κ1) is 15.3. The summed E-state index contributed by atoms with van der Waals surface area (Å²) in [5.41, 5.74) is -0.564. The number of hydrogen-bond acceptors (Lipinski definition) is 5. The van der Waals surface area contributed by atoms with E-state index >= 15 is 0 Å². The average Bonchev–Trinajstić information content (AvgIpc) is 2.36. The van der Waals surface area contributed by atoms with Crippen molar-refractivity contribution in [1.29, 1.82) is 0 Å². The summed E-state index contributed by atoms with van der Waals surface area (Å²) < 4.78 is 0.999. The summed E-state index contributed by atoms with van der Waals surface area (Å²) in [5.74, 6) is -0.513. The van der Waals surface area contributed by atoms with Gasteiger partial charge in [0.2, 0.25) is 5.91 Å². The molecule has 8 nitrogen and oxygen atoms in total. The Bertz CT molecular complexity index is 569. The second-order valence-electron chi connectivity index (χ2n) is 3.72. The van der Waals surface area contributed by atoms with Gasteiger partial charge in [-0.05, 0) is 22.9 Å². The molecule has 2 N–H and O–H groups in total. The lowest BCUT2D eigenvalue weighted by Crippen LogP contribution is -2.34. The first-order chi connectivity index (χ1) is 8.88. The number of amides is 1. The van der Waals surface area contributed by atoms with Gasteiger partial charge in [-0.1, -0.05) is 0 Å². The molecule has 1 aromatic rings. The Labute approximate surface area is 116 Å². The topological polar surface area (TPSA) is 114 Å². The van der Waals surface area contributed by atoms with Gasteiger partial charge in [0.25, 0.3) is 11.2 Å². The second kappa shape index (κ2) is 6.43. The van der Waals surface area contributed by atoms with E-state index in [9.17, 15) is 19.7 Å². The van der Waals surface area contributed by atoms with E-state index in [2.05, 4.69) is 21.2 Å². The van der Waals surface area contributed by atoms with Crippen LogP contribution in [0.15, 0.2) is 15.5 Å². The zero-order valence-electron chi connectivity index (χ0n) is 10.1. The molecule has 0 atom stereocenters. The van der Waals surface area contributed by atoms with E-state index in [0.717, 1.165) is 10.8 Å². The van der Waals surface area contributed by atoms with Crippen LogP contribution in [-0.4, -0.2) is 33.7 Å². The number of halogens is 1. The van der Waals surface area contributed by atoms with Crippen molar-refractivity contribution in [2.75, 3.05) is 13.2 Å². The van der Waals surface area contributed by atoms with Gasteiger partial charge in [-0.15, -0.1) is 0 Å². The van der Waals surface area contributed by atoms with E-state index in [1.54, 1.807) is 0 Å². The van der Waals surface area contributed by atoms with Crippen molar-refractivity contribution >= 4 is 27.5 Å². The zero-order chi connectivity index (χ0) is 14.6. The Hall–Kier alpha value is -1.74. The van der Waals surface area contributed by atoms with Gasteiger partial charge < -0.3 is 10.4 Å². The number of carbonyl (C=O) groups excluding carboxylic acids is 1. The standard InChI is InChI=1S/C10H12BrN3O5/c1-6-7(14(18)19)4-13(10(17)9(6)11)5-8(16)12-2-3-15/h4,15H,2-3,5H2,1H3,(H,12,16). The third-order valence-electron chi connectivity index (χ3n) is 2.38. The molecule has 1 aromatic heterocycles. The maximum absolute atomic E-state index is 11.8. The number of aliphatic hydroxyl groups is 1. The highest BCUT2D eigenvalue weighted by Gasteiger charge is 2.19. The predicted octanol–water partition coefficient (Wildman–Crippen LogP) is -0.0641. The molecule has 0 aromatic carbocycles. The highest BCUT2D eigenvalue weighted by Crippen LogP contribution is 2.21. The lowest BCUT2D eigenvalue weighted by molar-refractivity contribution is -0.386. The normalized spacial score (nSPS) is 10.3. The number of aromatic nitrogens is 1. The number of pyridine rings is 1. The molecule has 1 heterocycles. The van der Waals surface area contributed by atoms with Crippen LogP contribution in [0.3, 0.4) is 0 Å². The molecule has 0 radical (unpaired) electrons. The smallest absolute Gasteiger partial charge is 0.289 e. The van der Waals surface area contributed by atoms with Crippen molar-refractivity contribution in [2.45, 2.75) is 13.5 Å². The van der Waals surface area contributed by atoms with Crippen LogP contribution in [-0.2, 0) is 11.3 Å². The van der Waals surface area contributed by atoms with Gasteiger partial charge in [0.05, 0.1) is 22.2 Å². The third kappa shape index (κ3) is 3.61. The molecule has 104 valence electrons. The summed E-state index contributed by atoms with van der Waals surface area (Å²) in [6.07, 6.45) is 1.03. The number of hydrogen-bond donors (Lipinski definition) is 2. The molecule has 1 amide bonds. The quantitative estimate of drug-likeness (QED) is 0.578.